The van der Waals surface area contributed by atoms with E-state index in [1.54, 1.807) is 12.1 Å². The van der Waals surface area contributed by atoms with Crippen LogP contribution in [-0.4, -0.2) is 25.0 Å². The first-order valence-electron chi connectivity index (χ1n) is 7.03. The van der Waals surface area contributed by atoms with Gasteiger partial charge in [0.2, 0.25) is 5.91 Å². The number of nitrogens with zero attached hydrogens (tertiary/aromatic N) is 1. The molecule has 1 aliphatic rings. The standard InChI is InChI=1S/C15H22FN3O/c1-10(2)18-8-12-7-13(16)3-4-14(12)19-6-5-11(9-19)15(17)20/h3-4,7,10-11,18H,5-6,8-9H2,1-2H3,(H2,17,20). The van der Waals surface area contributed by atoms with Gasteiger partial charge in [-0.05, 0) is 30.2 Å². The third-order valence-corrected chi connectivity index (χ3v) is 3.67. The summed E-state index contributed by atoms with van der Waals surface area (Å²) in [5.74, 6) is -0.595. The molecule has 3 N–H and O–H groups in total. The highest BCUT2D eigenvalue weighted by Gasteiger charge is 2.27. The van der Waals surface area contributed by atoms with E-state index >= 15 is 0 Å². The maximum atomic E-state index is 13.4. The zero-order valence-electron chi connectivity index (χ0n) is 12.0. The first-order chi connectivity index (χ1) is 9.47. The third-order valence-electron chi connectivity index (χ3n) is 3.67. The fraction of sp³-hybridized carbons (Fsp3) is 0.533. The zero-order valence-corrected chi connectivity index (χ0v) is 12.0. The average molecular weight is 279 g/mol. The number of hydrogen-bond donors (Lipinski definition) is 2. The number of carbonyl (C=O) groups is 1. The molecule has 1 aliphatic heterocycles. The van der Waals surface area contributed by atoms with Crippen LogP contribution in [0.5, 0.6) is 0 Å². The van der Waals surface area contributed by atoms with Crippen LogP contribution in [0.2, 0.25) is 0 Å². The summed E-state index contributed by atoms with van der Waals surface area (Å²) in [6.45, 7) is 6.13. The molecule has 4 nitrogen and oxygen atoms in total. The van der Waals surface area contributed by atoms with E-state index in [-0.39, 0.29) is 17.6 Å². The molecule has 1 aromatic carbocycles. The van der Waals surface area contributed by atoms with Gasteiger partial charge in [0.25, 0.3) is 0 Å². The van der Waals surface area contributed by atoms with Gasteiger partial charge in [0.1, 0.15) is 5.82 Å². The molecule has 5 heteroatoms. The second kappa shape index (κ2) is 6.22. The Labute approximate surface area is 119 Å². The molecular weight excluding hydrogens is 257 g/mol. The van der Waals surface area contributed by atoms with Gasteiger partial charge in [-0.25, -0.2) is 4.39 Å². The third kappa shape index (κ3) is 3.48. The van der Waals surface area contributed by atoms with E-state index in [9.17, 15) is 9.18 Å². The smallest absolute Gasteiger partial charge is 0.222 e. The van der Waals surface area contributed by atoms with Gasteiger partial charge in [0.05, 0.1) is 5.92 Å². The maximum absolute atomic E-state index is 13.4. The van der Waals surface area contributed by atoms with Crippen LogP contribution in [0.25, 0.3) is 0 Å². The second-order valence-electron chi connectivity index (χ2n) is 5.64. The summed E-state index contributed by atoms with van der Waals surface area (Å²) >= 11 is 0. The van der Waals surface area contributed by atoms with Gasteiger partial charge < -0.3 is 16.0 Å². The number of amides is 1. The number of benzene rings is 1. The Hall–Kier alpha value is -1.62. The van der Waals surface area contributed by atoms with Gasteiger partial charge in [-0.3, -0.25) is 4.79 Å². The fourth-order valence-corrected chi connectivity index (χ4v) is 2.53. The number of halogens is 1. The monoisotopic (exact) mass is 279 g/mol. The molecule has 0 aromatic heterocycles. The van der Waals surface area contributed by atoms with Crippen molar-refractivity contribution in [3.63, 3.8) is 0 Å². The number of carbonyl (C=O) groups excluding carboxylic acids is 1. The summed E-state index contributed by atoms with van der Waals surface area (Å²) in [7, 11) is 0. The van der Waals surface area contributed by atoms with Crippen LogP contribution in [0, 0.1) is 11.7 Å². The van der Waals surface area contributed by atoms with Crippen molar-refractivity contribution in [3.8, 4) is 0 Å². The molecule has 2 rings (SSSR count). The predicted octanol–water partition coefficient (Wildman–Crippen LogP) is 1.64. The Balaban J connectivity index is 2.16. The van der Waals surface area contributed by atoms with Crippen LogP contribution >= 0.6 is 0 Å². The molecule has 0 saturated carbocycles. The molecule has 20 heavy (non-hydrogen) atoms. The molecule has 110 valence electrons. The van der Waals surface area contributed by atoms with E-state index < -0.39 is 0 Å². The number of nitrogens with two attached hydrogens (primary N) is 1. The van der Waals surface area contributed by atoms with Crippen molar-refractivity contribution < 1.29 is 9.18 Å². The lowest BCUT2D eigenvalue weighted by Crippen LogP contribution is -2.29. The van der Waals surface area contributed by atoms with Crippen molar-refractivity contribution in [1.29, 1.82) is 0 Å². The molecule has 0 bridgehead atoms. The van der Waals surface area contributed by atoms with E-state index in [1.165, 1.54) is 6.07 Å². The summed E-state index contributed by atoms with van der Waals surface area (Å²) in [5, 5.41) is 3.30. The van der Waals surface area contributed by atoms with E-state index in [0.29, 0.717) is 19.1 Å². The van der Waals surface area contributed by atoms with Gasteiger partial charge in [0, 0.05) is 31.4 Å². The van der Waals surface area contributed by atoms with Crippen molar-refractivity contribution in [1.82, 2.24) is 5.32 Å². The Kier molecular flexibility index (Phi) is 4.60. The number of primary amides is 1. The molecule has 0 spiro atoms. The van der Waals surface area contributed by atoms with Crippen molar-refractivity contribution in [2.45, 2.75) is 32.9 Å². The van der Waals surface area contributed by atoms with Gasteiger partial charge in [-0.15, -0.1) is 0 Å². The highest BCUT2D eigenvalue weighted by Crippen LogP contribution is 2.27. The number of hydrogen-bond acceptors (Lipinski definition) is 3. The molecule has 1 aromatic rings. The zero-order chi connectivity index (χ0) is 14.7. The van der Waals surface area contributed by atoms with Crippen LogP contribution in [0.4, 0.5) is 10.1 Å². The topological polar surface area (TPSA) is 58.4 Å². The molecule has 0 radical (unpaired) electrons. The minimum absolute atomic E-state index is 0.106. The van der Waals surface area contributed by atoms with Gasteiger partial charge in [0.15, 0.2) is 0 Å². The van der Waals surface area contributed by atoms with Crippen LogP contribution in [-0.2, 0) is 11.3 Å². The quantitative estimate of drug-likeness (QED) is 0.861. The Bertz CT molecular complexity index is 490. The summed E-state index contributed by atoms with van der Waals surface area (Å²) in [4.78, 5) is 13.4. The van der Waals surface area contributed by atoms with Crippen LogP contribution in [0.3, 0.4) is 0 Å². The van der Waals surface area contributed by atoms with Crippen LogP contribution in [0.15, 0.2) is 18.2 Å². The lowest BCUT2D eigenvalue weighted by molar-refractivity contribution is -0.121. The van der Waals surface area contributed by atoms with Crippen LogP contribution < -0.4 is 16.0 Å². The van der Waals surface area contributed by atoms with Crippen molar-refractivity contribution >= 4 is 11.6 Å². The number of rotatable bonds is 5. The molecule has 1 amide bonds. The molecular formula is C15H22FN3O. The minimum atomic E-state index is -0.253. The minimum Gasteiger partial charge on any atom is -0.370 e. The summed E-state index contributed by atoms with van der Waals surface area (Å²) in [6, 6.07) is 5.15. The average Bonchev–Trinajstić information content (AvgIpc) is 2.86. The fourth-order valence-electron chi connectivity index (χ4n) is 2.53. The van der Waals surface area contributed by atoms with Gasteiger partial charge in [-0.1, -0.05) is 13.8 Å². The normalized spacial score (nSPS) is 18.8. The summed E-state index contributed by atoms with van der Waals surface area (Å²) in [5.41, 5.74) is 7.27. The van der Waals surface area contributed by atoms with Gasteiger partial charge in [-0.2, -0.15) is 0 Å². The molecule has 1 saturated heterocycles. The van der Waals surface area contributed by atoms with Crippen molar-refractivity contribution in [3.05, 3.63) is 29.6 Å². The first-order valence-corrected chi connectivity index (χ1v) is 7.03. The molecule has 1 unspecified atom stereocenters. The van der Waals surface area contributed by atoms with Crippen molar-refractivity contribution in [2.24, 2.45) is 11.7 Å². The highest BCUT2D eigenvalue weighted by molar-refractivity contribution is 5.78. The van der Waals surface area contributed by atoms with Crippen molar-refractivity contribution in [2.75, 3.05) is 18.0 Å². The Morgan fingerprint density at radius 3 is 2.90 bits per heavy atom. The number of anilines is 1. The molecule has 0 aliphatic carbocycles. The predicted molar refractivity (Wildman–Crippen MR) is 77.9 cm³/mol. The van der Waals surface area contributed by atoms with Gasteiger partial charge >= 0.3 is 0 Å². The lowest BCUT2D eigenvalue weighted by atomic mass is 10.1. The van der Waals surface area contributed by atoms with Crippen LogP contribution in [0.1, 0.15) is 25.8 Å². The second-order valence-corrected chi connectivity index (χ2v) is 5.64. The lowest BCUT2D eigenvalue weighted by Gasteiger charge is -2.22. The summed E-state index contributed by atoms with van der Waals surface area (Å²) < 4.78 is 13.4. The summed E-state index contributed by atoms with van der Waals surface area (Å²) in [6.07, 6.45) is 0.768. The first kappa shape index (κ1) is 14.8. The largest absolute Gasteiger partial charge is 0.370 e. The Morgan fingerprint density at radius 1 is 1.55 bits per heavy atom. The highest BCUT2D eigenvalue weighted by atomic mass is 19.1. The van der Waals surface area contributed by atoms with E-state index in [4.69, 9.17) is 5.73 Å². The Morgan fingerprint density at radius 2 is 2.30 bits per heavy atom. The SMILES string of the molecule is CC(C)NCc1cc(F)ccc1N1CCC(C(N)=O)C1. The van der Waals surface area contributed by atoms with E-state index in [2.05, 4.69) is 24.1 Å². The molecule has 1 fully saturated rings. The molecule has 1 atom stereocenters. The van der Waals surface area contributed by atoms with E-state index in [0.717, 1.165) is 24.2 Å². The molecule has 1 heterocycles. The maximum Gasteiger partial charge on any atom is 0.222 e. The van der Waals surface area contributed by atoms with E-state index in [1.807, 2.05) is 0 Å². The number of nitrogens with one attached hydrogen (secondary N) is 1.